The normalized spacial score (nSPS) is 11.2. The van der Waals surface area contributed by atoms with Gasteiger partial charge in [0.2, 0.25) is 0 Å². The predicted molar refractivity (Wildman–Crippen MR) is 42.7 cm³/mol. The molecule has 0 aliphatic heterocycles. The van der Waals surface area contributed by atoms with Crippen LogP contribution >= 0.6 is 7.60 Å². The Balaban J connectivity index is 3.65. The molecule has 0 bridgehead atoms. The van der Waals surface area contributed by atoms with Gasteiger partial charge in [0.15, 0.2) is 5.78 Å². The quantitative estimate of drug-likeness (QED) is 0.485. The molecule has 0 spiro atoms. The first-order valence-corrected chi connectivity index (χ1v) is 4.93. The Hall–Kier alpha value is -0.480. The lowest BCUT2D eigenvalue weighted by atomic mass is 10.2. The molecule has 0 saturated heterocycles. The summed E-state index contributed by atoms with van der Waals surface area (Å²) in [6.07, 6.45) is -0.681. The van der Waals surface area contributed by atoms with Crippen LogP contribution in [-0.4, -0.2) is 28.5 Å². The molecule has 70 valence electrons. The van der Waals surface area contributed by atoms with Crippen LogP contribution in [0.4, 0.5) is 0 Å². The summed E-state index contributed by atoms with van der Waals surface area (Å²) in [7, 11) is -4.13. The molecule has 0 radical (unpaired) electrons. The number of carbonyl (C=O) groups is 1. The molecule has 0 aliphatic carbocycles. The van der Waals surface area contributed by atoms with Gasteiger partial charge in [-0.2, -0.15) is 0 Å². The minimum absolute atomic E-state index is 0.138. The highest BCUT2D eigenvalue weighted by atomic mass is 31.2. The van der Waals surface area contributed by atoms with Gasteiger partial charge in [-0.3, -0.25) is 9.36 Å². The Morgan fingerprint density at radius 2 is 2.08 bits per heavy atom. The van der Waals surface area contributed by atoms with Gasteiger partial charge in [-0.05, 0) is 6.92 Å². The summed E-state index contributed by atoms with van der Waals surface area (Å²) >= 11 is 0. The van der Waals surface area contributed by atoms with E-state index in [1.165, 1.54) is 6.92 Å². The van der Waals surface area contributed by atoms with Crippen molar-refractivity contribution >= 4 is 13.4 Å². The fraction of sp³-hybridized carbons (Fsp3) is 0.500. The molecule has 0 rings (SSSR count). The van der Waals surface area contributed by atoms with Gasteiger partial charge >= 0.3 is 7.60 Å². The molecule has 0 unspecified atom stereocenters. The Labute approximate surface area is 70.2 Å². The largest absolute Gasteiger partial charge is 0.364 e. The lowest BCUT2D eigenvalue weighted by molar-refractivity contribution is -0.114. The SMILES string of the molecule is C=C(COCP(=O)(O)O)C(C)=O. The average molecular weight is 194 g/mol. The topological polar surface area (TPSA) is 83.8 Å². The Morgan fingerprint density at radius 1 is 1.58 bits per heavy atom. The van der Waals surface area contributed by atoms with E-state index in [1.54, 1.807) is 0 Å². The maximum Gasteiger partial charge on any atom is 0.350 e. The van der Waals surface area contributed by atoms with Crippen LogP contribution in [0.5, 0.6) is 0 Å². The number of Topliss-reactive ketones (excluding diaryl/α,β-unsaturated/α-hetero) is 1. The van der Waals surface area contributed by atoms with Crippen molar-refractivity contribution in [2.24, 2.45) is 0 Å². The summed E-state index contributed by atoms with van der Waals surface area (Å²) in [5.74, 6) is -0.249. The highest BCUT2D eigenvalue weighted by Crippen LogP contribution is 2.33. The monoisotopic (exact) mass is 194 g/mol. The van der Waals surface area contributed by atoms with Gasteiger partial charge in [-0.1, -0.05) is 6.58 Å². The molecular formula is C6H11O5P. The first-order valence-electron chi connectivity index (χ1n) is 3.14. The Morgan fingerprint density at radius 3 is 2.42 bits per heavy atom. The summed E-state index contributed by atoms with van der Waals surface area (Å²) < 4.78 is 14.8. The van der Waals surface area contributed by atoms with E-state index in [9.17, 15) is 9.36 Å². The molecule has 2 N–H and O–H groups in total. The van der Waals surface area contributed by atoms with Crippen LogP contribution in [0.25, 0.3) is 0 Å². The van der Waals surface area contributed by atoms with E-state index in [4.69, 9.17) is 9.79 Å². The minimum Gasteiger partial charge on any atom is -0.364 e. The zero-order chi connectivity index (χ0) is 9.78. The van der Waals surface area contributed by atoms with Gasteiger partial charge in [0, 0.05) is 5.57 Å². The second-order valence-corrected chi connectivity index (χ2v) is 3.89. The number of ketones is 1. The van der Waals surface area contributed by atoms with Crippen molar-refractivity contribution in [1.29, 1.82) is 0 Å². The highest BCUT2D eigenvalue weighted by molar-refractivity contribution is 7.51. The first kappa shape index (κ1) is 11.5. The molecule has 12 heavy (non-hydrogen) atoms. The third kappa shape index (κ3) is 6.24. The summed E-state index contributed by atoms with van der Waals surface area (Å²) in [5.41, 5.74) is 0.198. The second-order valence-electron chi connectivity index (χ2n) is 2.30. The number of carbonyl (C=O) groups excluding carboxylic acids is 1. The maximum absolute atomic E-state index is 10.5. The molecular weight excluding hydrogens is 183 g/mol. The molecule has 0 amide bonds. The number of hydrogen-bond acceptors (Lipinski definition) is 3. The van der Waals surface area contributed by atoms with Gasteiger partial charge < -0.3 is 14.5 Å². The van der Waals surface area contributed by atoms with Crippen molar-refractivity contribution in [2.75, 3.05) is 13.0 Å². The van der Waals surface area contributed by atoms with Crippen LogP contribution in [-0.2, 0) is 14.1 Å². The lowest BCUT2D eigenvalue weighted by Gasteiger charge is -2.05. The second kappa shape index (κ2) is 4.52. The van der Waals surface area contributed by atoms with E-state index in [2.05, 4.69) is 11.3 Å². The van der Waals surface area contributed by atoms with Gasteiger partial charge in [0.05, 0.1) is 6.61 Å². The van der Waals surface area contributed by atoms with Crippen molar-refractivity contribution in [2.45, 2.75) is 6.92 Å². The molecule has 0 aromatic heterocycles. The zero-order valence-corrected chi connectivity index (χ0v) is 7.58. The maximum atomic E-state index is 10.5. The zero-order valence-electron chi connectivity index (χ0n) is 6.69. The molecule has 0 aromatic carbocycles. The highest BCUT2D eigenvalue weighted by Gasteiger charge is 2.13. The molecule has 0 heterocycles. The van der Waals surface area contributed by atoms with E-state index >= 15 is 0 Å². The van der Waals surface area contributed by atoms with Gasteiger partial charge in [0.1, 0.15) is 6.35 Å². The summed E-state index contributed by atoms with van der Waals surface area (Å²) in [6, 6.07) is 0. The van der Waals surface area contributed by atoms with Crippen molar-refractivity contribution in [3.05, 3.63) is 12.2 Å². The van der Waals surface area contributed by atoms with Gasteiger partial charge in [-0.15, -0.1) is 0 Å². The molecule has 0 aromatic rings. The predicted octanol–water partition coefficient (Wildman–Crippen LogP) is 0.283. The minimum atomic E-state index is -4.13. The summed E-state index contributed by atoms with van der Waals surface area (Å²) in [4.78, 5) is 27.2. The van der Waals surface area contributed by atoms with Crippen LogP contribution in [0.2, 0.25) is 0 Å². The third-order valence-corrected chi connectivity index (χ3v) is 1.55. The lowest BCUT2D eigenvalue weighted by Crippen LogP contribution is -2.05. The van der Waals surface area contributed by atoms with Crippen LogP contribution < -0.4 is 0 Å². The molecule has 5 nitrogen and oxygen atoms in total. The van der Waals surface area contributed by atoms with E-state index in [0.29, 0.717) is 0 Å². The Bertz CT molecular complexity index is 228. The number of hydrogen-bond donors (Lipinski definition) is 2. The summed E-state index contributed by atoms with van der Waals surface area (Å²) in [6.45, 7) is 4.52. The van der Waals surface area contributed by atoms with E-state index < -0.39 is 13.9 Å². The van der Waals surface area contributed by atoms with Gasteiger partial charge in [0.25, 0.3) is 0 Å². The standard InChI is InChI=1S/C6H11O5P/c1-5(6(2)7)3-11-4-12(8,9)10/h1,3-4H2,2H3,(H2,8,9,10). The molecule has 0 atom stereocenters. The van der Waals surface area contributed by atoms with Crippen LogP contribution in [0, 0.1) is 0 Å². The molecule has 0 saturated carbocycles. The van der Waals surface area contributed by atoms with Crippen molar-refractivity contribution in [1.82, 2.24) is 0 Å². The fourth-order valence-electron chi connectivity index (χ4n) is 0.389. The number of ether oxygens (including phenoxy) is 1. The van der Waals surface area contributed by atoms with Crippen molar-refractivity contribution in [3.63, 3.8) is 0 Å². The van der Waals surface area contributed by atoms with Gasteiger partial charge in [-0.25, -0.2) is 0 Å². The van der Waals surface area contributed by atoms with Crippen LogP contribution in [0.15, 0.2) is 12.2 Å². The molecule has 0 aliphatic rings. The Kier molecular flexibility index (Phi) is 4.34. The third-order valence-electron chi connectivity index (χ3n) is 1.03. The molecule has 6 heteroatoms. The summed E-state index contributed by atoms with van der Waals surface area (Å²) in [5, 5.41) is 0. The fourth-order valence-corrected chi connectivity index (χ4v) is 0.719. The van der Waals surface area contributed by atoms with Crippen molar-refractivity contribution < 1.29 is 23.9 Å². The van der Waals surface area contributed by atoms with Crippen LogP contribution in [0.3, 0.4) is 0 Å². The van der Waals surface area contributed by atoms with E-state index in [0.717, 1.165) is 0 Å². The van der Waals surface area contributed by atoms with Crippen LogP contribution in [0.1, 0.15) is 6.92 Å². The average Bonchev–Trinajstić information content (AvgIpc) is 1.84. The smallest absolute Gasteiger partial charge is 0.350 e. The first-order chi connectivity index (χ1) is 5.33. The van der Waals surface area contributed by atoms with E-state index in [1.807, 2.05) is 0 Å². The van der Waals surface area contributed by atoms with E-state index in [-0.39, 0.29) is 18.0 Å². The molecule has 0 fully saturated rings. The number of rotatable bonds is 5. The van der Waals surface area contributed by atoms with Crippen molar-refractivity contribution in [3.8, 4) is 0 Å².